The second-order valence-corrected chi connectivity index (χ2v) is 4.46. The Bertz CT molecular complexity index is 750. The van der Waals surface area contributed by atoms with Gasteiger partial charge >= 0.3 is 0 Å². The van der Waals surface area contributed by atoms with Gasteiger partial charge in [0.15, 0.2) is 11.6 Å². The number of halogens is 2. The molecule has 0 N–H and O–H groups in total. The number of hydrogen-bond acceptors (Lipinski definition) is 2. The van der Waals surface area contributed by atoms with Crippen LogP contribution >= 0.6 is 0 Å². The van der Waals surface area contributed by atoms with E-state index < -0.39 is 11.6 Å². The molecule has 0 atom stereocenters. The molecule has 0 unspecified atom stereocenters. The third kappa shape index (κ3) is 2.09. The Hall–Kier alpha value is -2.49. The SMILES string of the molecule is Cc1onc(-c2ccc(F)c(F)c2)c1-c1ccccc1. The third-order valence-electron chi connectivity index (χ3n) is 3.12. The largest absolute Gasteiger partial charge is 0.360 e. The summed E-state index contributed by atoms with van der Waals surface area (Å²) >= 11 is 0. The molecular weight excluding hydrogens is 260 g/mol. The molecule has 0 aliphatic heterocycles. The van der Waals surface area contributed by atoms with Crippen LogP contribution in [0.3, 0.4) is 0 Å². The minimum absolute atomic E-state index is 0.486. The zero-order valence-electron chi connectivity index (χ0n) is 10.7. The molecule has 3 aromatic rings. The zero-order valence-corrected chi connectivity index (χ0v) is 10.7. The van der Waals surface area contributed by atoms with Gasteiger partial charge in [0, 0.05) is 5.56 Å². The van der Waals surface area contributed by atoms with Gasteiger partial charge in [-0.2, -0.15) is 0 Å². The van der Waals surface area contributed by atoms with E-state index in [-0.39, 0.29) is 0 Å². The summed E-state index contributed by atoms with van der Waals surface area (Å²) < 4.78 is 31.6. The molecule has 2 nitrogen and oxygen atoms in total. The van der Waals surface area contributed by atoms with Gasteiger partial charge in [0.2, 0.25) is 0 Å². The van der Waals surface area contributed by atoms with E-state index in [1.54, 1.807) is 6.92 Å². The fourth-order valence-corrected chi connectivity index (χ4v) is 2.16. The third-order valence-corrected chi connectivity index (χ3v) is 3.12. The van der Waals surface area contributed by atoms with E-state index in [0.717, 1.165) is 23.3 Å². The van der Waals surface area contributed by atoms with Crippen LogP contribution in [0.25, 0.3) is 22.4 Å². The average molecular weight is 271 g/mol. The van der Waals surface area contributed by atoms with Gasteiger partial charge in [-0.1, -0.05) is 35.5 Å². The Balaban J connectivity index is 2.18. The van der Waals surface area contributed by atoms with Crippen molar-refractivity contribution in [3.05, 3.63) is 65.9 Å². The maximum Gasteiger partial charge on any atom is 0.159 e. The molecule has 1 aromatic heterocycles. The van der Waals surface area contributed by atoms with Crippen molar-refractivity contribution in [2.75, 3.05) is 0 Å². The lowest BCUT2D eigenvalue weighted by Gasteiger charge is -2.03. The summed E-state index contributed by atoms with van der Waals surface area (Å²) in [6.45, 7) is 1.79. The summed E-state index contributed by atoms with van der Waals surface area (Å²) in [5.41, 5.74) is 2.70. The van der Waals surface area contributed by atoms with Crippen LogP contribution in [-0.2, 0) is 0 Å². The van der Waals surface area contributed by atoms with Crippen molar-refractivity contribution >= 4 is 0 Å². The molecule has 1 heterocycles. The standard InChI is InChI=1S/C16H11F2NO/c1-10-15(11-5-3-2-4-6-11)16(19-20-10)12-7-8-13(17)14(18)9-12/h2-9H,1H3. The number of aromatic nitrogens is 1. The van der Waals surface area contributed by atoms with Crippen LogP contribution in [0, 0.1) is 18.6 Å². The van der Waals surface area contributed by atoms with Gasteiger partial charge in [-0.15, -0.1) is 0 Å². The molecule has 4 heteroatoms. The Kier molecular flexibility index (Phi) is 3.06. The Morgan fingerprint density at radius 2 is 1.65 bits per heavy atom. The van der Waals surface area contributed by atoms with Crippen LogP contribution in [0.2, 0.25) is 0 Å². The van der Waals surface area contributed by atoms with Crippen molar-refractivity contribution in [2.24, 2.45) is 0 Å². The maximum absolute atomic E-state index is 13.4. The molecule has 3 rings (SSSR count). The molecule has 0 fully saturated rings. The Morgan fingerprint density at radius 1 is 0.900 bits per heavy atom. The summed E-state index contributed by atoms with van der Waals surface area (Å²) in [4.78, 5) is 0. The first kappa shape index (κ1) is 12.5. The predicted octanol–water partition coefficient (Wildman–Crippen LogP) is 4.60. The van der Waals surface area contributed by atoms with Crippen molar-refractivity contribution in [1.29, 1.82) is 0 Å². The molecule has 0 radical (unpaired) electrons. The van der Waals surface area contributed by atoms with E-state index >= 15 is 0 Å². The second-order valence-electron chi connectivity index (χ2n) is 4.46. The highest BCUT2D eigenvalue weighted by Crippen LogP contribution is 2.34. The van der Waals surface area contributed by atoms with Crippen molar-refractivity contribution < 1.29 is 13.3 Å². The summed E-state index contributed by atoms with van der Waals surface area (Å²) in [5.74, 6) is -1.15. The van der Waals surface area contributed by atoms with Crippen LogP contribution in [-0.4, -0.2) is 5.16 Å². The van der Waals surface area contributed by atoms with Crippen molar-refractivity contribution in [3.63, 3.8) is 0 Å². The Labute approximate surface area is 114 Å². The lowest BCUT2D eigenvalue weighted by atomic mass is 9.99. The fraction of sp³-hybridized carbons (Fsp3) is 0.0625. The lowest BCUT2D eigenvalue weighted by molar-refractivity contribution is 0.400. The first-order valence-corrected chi connectivity index (χ1v) is 6.14. The molecule has 100 valence electrons. The number of rotatable bonds is 2. The summed E-state index contributed by atoms with van der Waals surface area (Å²) in [7, 11) is 0. The molecule has 0 spiro atoms. The minimum atomic E-state index is -0.901. The monoisotopic (exact) mass is 271 g/mol. The molecule has 2 aromatic carbocycles. The first-order valence-electron chi connectivity index (χ1n) is 6.14. The van der Waals surface area contributed by atoms with Gasteiger partial charge in [-0.3, -0.25) is 0 Å². The van der Waals surface area contributed by atoms with Crippen LogP contribution in [0.1, 0.15) is 5.76 Å². The van der Waals surface area contributed by atoms with Crippen LogP contribution in [0.4, 0.5) is 8.78 Å². The number of nitrogens with zero attached hydrogens (tertiary/aromatic N) is 1. The number of aryl methyl sites for hydroxylation is 1. The van der Waals surface area contributed by atoms with E-state index in [1.165, 1.54) is 6.07 Å². The topological polar surface area (TPSA) is 26.0 Å². The van der Waals surface area contributed by atoms with Crippen molar-refractivity contribution in [2.45, 2.75) is 6.92 Å². The highest BCUT2D eigenvalue weighted by molar-refractivity contribution is 5.81. The minimum Gasteiger partial charge on any atom is -0.360 e. The first-order chi connectivity index (χ1) is 9.66. The number of benzene rings is 2. The van der Waals surface area contributed by atoms with Gasteiger partial charge < -0.3 is 4.52 Å². The number of hydrogen-bond donors (Lipinski definition) is 0. The molecule has 0 saturated carbocycles. The summed E-state index contributed by atoms with van der Waals surface area (Å²) in [5, 5.41) is 3.97. The van der Waals surface area contributed by atoms with Crippen molar-refractivity contribution in [3.8, 4) is 22.4 Å². The van der Waals surface area contributed by atoms with Gasteiger partial charge in [0.05, 0.1) is 5.56 Å². The molecule has 20 heavy (non-hydrogen) atoms. The zero-order chi connectivity index (χ0) is 14.1. The van der Waals surface area contributed by atoms with E-state index in [9.17, 15) is 8.78 Å². The predicted molar refractivity (Wildman–Crippen MR) is 72.0 cm³/mol. The van der Waals surface area contributed by atoms with Crippen molar-refractivity contribution in [1.82, 2.24) is 5.16 Å². The van der Waals surface area contributed by atoms with Gasteiger partial charge in [-0.25, -0.2) is 8.78 Å². The summed E-state index contributed by atoms with van der Waals surface area (Å²) in [6.07, 6.45) is 0. The molecule has 0 saturated heterocycles. The quantitative estimate of drug-likeness (QED) is 0.681. The molecular formula is C16H11F2NO. The lowest BCUT2D eigenvalue weighted by Crippen LogP contribution is -1.88. The smallest absolute Gasteiger partial charge is 0.159 e. The van der Waals surface area contributed by atoms with Gasteiger partial charge in [0.1, 0.15) is 11.5 Å². The van der Waals surface area contributed by atoms with Crippen LogP contribution < -0.4 is 0 Å². The van der Waals surface area contributed by atoms with Crippen LogP contribution in [0.5, 0.6) is 0 Å². The van der Waals surface area contributed by atoms with E-state index in [4.69, 9.17) is 4.52 Å². The second kappa shape index (κ2) is 4.89. The van der Waals surface area contributed by atoms with E-state index in [0.29, 0.717) is 17.0 Å². The summed E-state index contributed by atoms with van der Waals surface area (Å²) in [6, 6.07) is 13.2. The van der Waals surface area contributed by atoms with E-state index in [1.807, 2.05) is 30.3 Å². The highest BCUT2D eigenvalue weighted by Gasteiger charge is 2.17. The normalized spacial score (nSPS) is 10.8. The molecule has 0 aliphatic carbocycles. The molecule has 0 aliphatic rings. The van der Waals surface area contributed by atoms with Crippen LogP contribution in [0.15, 0.2) is 53.1 Å². The fourth-order valence-electron chi connectivity index (χ4n) is 2.16. The highest BCUT2D eigenvalue weighted by atomic mass is 19.2. The van der Waals surface area contributed by atoms with E-state index in [2.05, 4.69) is 5.16 Å². The van der Waals surface area contributed by atoms with Gasteiger partial charge in [-0.05, 0) is 30.7 Å². The maximum atomic E-state index is 13.4. The Morgan fingerprint density at radius 3 is 2.35 bits per heavy atom. The average Bonchev–Trinajstić information content (AvgIpc) is 2.85. The molecule has 0 bridgehead atoms. The molecule has 0 amide bonds. The van der Waals surface area contributed by atoms with Gasteiger partial charge in [0.25, 0.3) is 0 Å².